The minimum atomic E-state index is -0.561. The highest BCUT2D eigenvalue weighted by atomic mass is 16.5. The number of primary amides is 1. The highest BCUT2D eigenvalue weighted by Gasteiger charge is 2.47. The molecule has 2 aliphatic carbocycles. The number of carbonyl (C=O) groups excluding carboxylic acids is 1. The lowest BCUT2D eigenvalue weighted by atomic mass is 9.96. The van der Waals surface area contributed by atoms with E-state index in [4.69, 9.17) is 10.5 Å². The summed E-state index contributed by atoms with van der Waals surface area (Å²) in [6.07, 6.45) is 5.69. The zero-order valence-corrected chi connectivity index (χ0v) is 12.6. The number of nitrogens with two attached hydrogens (primary N) is 1. The number of aryl methyl sites for hydroxylation is 1. The van der Waals surface area contributed by atoms with E-state index in [9.17, 15) is 4.79 Å². The molecule has 0 saturated heterocycles. The summed E-state index contributed by atoms with van der Waals surface area (Å²) in [7, 11) is 0. The SMILES string of the molecule is CCc1cccc(OC2CCC(NC3CC3)(C(N)=O)C2)c1. The summed E-state index contributed by atoms with van der Waals surface area (Å²) in [5.74, 6) is 0.661. The van der Waals surface area contributed by atoms with Crippen molar-refractivity contribution in [2.45, 2.75) is 63.1 Å². The Kier molecular flexibility index (Phi) is 3.89. The van der Waals surface area contributed by atoms with Crippen LogP contribution in [0.3, 0.4) is 0 Å². The first-order valence-electron chi connectivity index (χ1n) is 7.94. The van der Waals surface area contributed by atoms with Crippen molar-refractivity contribution in [3.63, 3.8) is 0 Å². The summed E-state index contributed by atoms with van der Waals surface area (Å²) in [5.41, 5.74) is 6.36. The van der Waals surface area contributed by atoms with Crippen LogP contribution in [-0.4, -0.2) is 23.6 Å². The summed E-state index contributed by atoms with van der Waals surface area (Å²) in [5, 5.41) is 3.45. The Hall–Kier alpha value is -1.55. The van der Waals surface area contributed by atoms with E-state index in [0.717, 1.165) is 37.9 Å². The molecule has 1 aromatic rings. The van der Waals surface area contributed by atoms with Crippen LogP contribution in [0.25, 0.3) is 0 Å². The average Bonchev–Trinajstić information content (AvgIpc) is 3.19. The molecule has 0 spiro atoms. The Morgan fingerprint density at radius 1 is 1.43 bits per heavy atom. The summed E-state index contributed by atoms with van der Waals surface area (Å²) in [6.45, 7) is 2.13. The monoisotopic (exact) mass is 288 g/mol. The molecule has 21 heavy (non-hydrogen) atoms. The maximum atomic E-state index is 11.9. The number of rotatable bonds is 6. The van der Waals surface area contributed by atoms with Crippen LogP contribution in [0.15, 0.2) is 24.3 Å². The van der Waals surface area contributed by atoms with Gasteiger partial charge in [-0.05, 0) is 49.8 Å². The first kappa shape index (κ1) is 14.4. The predicted molar refractivity (Wildman–Crippen MR) is 82.2 cm³/mol. The van der Waals surface area contributed by atoms with Gasteiger partial charge in [-0.25, -0.2) is 0 Å². The van der Waals surface area contributed by atoms with Gasteiger partial charge in [-0.2, -0.15) is 0 Å². The molecule has 0 heterocycles. The second kappa shape index (κ2) is 5.68. The number of ether oxygens (including phenoxy) is 1. The fourth-order valence-corrected chi connectivity index (χ4v) is 3.18. The molecule has 4 nitrogen and oxygen atoms in total. The molecular formula is C17H24N2O2. The largest absolute Gasteiger partial charge is 0.490 e. The number of hydrogen-bond donors (Lipinski definition) is 2. The fraction of sp³-hybridized carbons (Fsp3) is 0.588. The van der Waals surface area contributed by atoms with E-state index in [1.54, 1.807) is 0 Å². The van der Waals surface area contributed by atoms with Gasteiger partial charge in [0.25, 0.3) is 0 Å². The fourth-order valence-electron chi connectivity index (χ4n) is 3.18. The molecule has 0 aromatic heterocycles. The molecule has 2 aliphatic rings. The topological polar surface area (TPSA) is 64.3 Å². The molecule has 3 N–H and O–H groups in total. The summed E-state index contributed by atoms with van der Waals surface area (Å²) < 4.78 is 6.08. The maximum Gasteiger partial charge on any atom is 0.237 e. The summed E-state index contributed by atoms with van der Waals surface area (Å²) >= 11 is 0. The van der Waals surface area contributed by atoms with Crippen LogP contribution in [0, 0.1) is 0 Å². The number of benzene rings is 1. The molecule has 2 unspecified atom stereocenters. The lowest BCUT2D eigenvalue weighted by Gasteiger charge is -2.27. The Balaban J connectivity index is 1.66. The van der Waals surface area contributed by atoms with E-state index in [-0.39, 0.29) is 12.0 Å². The standard InChI is InChI=1S/C17H24N2O2/c1-2-12-4-3-5-14(10-12)21-15-8-9-17(11-15,16(18)20)19-13-6-7-13/h3-5,10,13,15,19H,2,6-9,11H2,1H3,(H2,18,20). The first-order chi connectivity index (χ1) is 10.1. The number of carbonyl (C=O) groups is 1. The van der Waals surface area contributed by atoms with Crippen LogP contribution >= 0.6 is 0 Å². The van der Waals surface area contributed by atoms with Gasteiger partial charge in [0.1, 0.15) is 17.4 Å². The first-order valence-corrected chi connectivity index (χ1v) is 7.94. The molecule has 0 radical (unpaired) electrons. The molecule has 3 rings (SSSR count). The van der Waals surface area contributed by atoms with Crippen LogP contribution in [0.1, 0.15) is 44.6 Å². The molecular weight excluding hydrogens is 264 g/mol. The van der Waals surface area contributed by atoms with Crippen LogP contribution in [0.2, 0.25) is 0 Å². The maximum absolute atomic E-state index is 11.9. The summed E-state index contributed by atoms with van der Waals surface area (Å²) in [6, 6.07) is 8.66. The quantitative estimate of drug-likeness (QED) is 0.843. The lowest BCUT2D eigenvalue weighted by molar-refractivity contribution is -0.124. The number of hydrogen-bond acceptors (Lipinski definition) is 3. The van der Waals surface area contributed by atoms with Gasteiger partial charge in [0.05, 0.1) is 0 Å². The van der Waals surface area contributed by atoms with Crippen molar-refractivity contribution < 1.29 is 9.53 Å². The Morgan fingerprint density at radius 3 is 2.90 bits per heavy atom. The van der Waals surface area contributed by atoms with Gasteiger partial charge < -0.3 is 15.8 Å². The van der Waals surface area contributed by atoms with Gasteiger partial charge in [-0.3, -0.25) is 4.79 Å². The second-order valence-corrected chi connectivity index (χ2v) is 6.35. The molecule has 1 aromatic carbocycles. The molecule has 0 aliphatic heterocycles. The third-order valence-electron chi connectivity index (χ3n) is 4.61. The van der Waals surface area contributed by atoms with Crippen molar-refractivity contribution in [1.29, 1.82) is 0 Å². The van der Waals surface area contributed by atoms with Crippen LogP contribution in [0.5, 0.6) is 5.75 Å². The Labute approximate surface area is 126 Å². The van der Waals surface area contributed by atoms with E-state index in [0.29, 0.717) is 12.5 Å². The van der Waals surface area contributed by atoms with Crippen molar-refractivity contribution >= 4 is 5.91 Å². The Bertz CT molecular complexity index is 527. The molecule has 1 amide bonds. The number of amides is 1. The molecule has 0 bridgehead atoms. The van der Waals surface area contributed by atoms with Crippen molar-refractivity contribution in [2.24, 2.45) is 5.73 Å². The van der Waals surface area contributed by atoms with E-state index in [2.05, 4.69) is 24.4 Å². The van der Waals surface area contributed by atoms with Crippen LogP contribution in [0.4, 0.5) is 0 Å². The van der Waals surface area contributed by atoms with Gasteiger partial charge >= 0.3 is 0 Å². The van der Waals surface area contributed by atoms with Crippen LogP contribution in [-0.2, 0) is 11.2 Å². The Morgan fingerprint density at radius 2 is 2.24 bits per heavy atom. The smallest absolute Gasteiger partial charge is 0.237 e. The predicted octanol–water partition coefficient (Wildman–Crippen LogP) is 2.16. The van der Waals surface area contributed by atoms with Crippen molar-refractivity contribution in [3.8, 4) is 5.75 Å². The van der Waals surface area contributed by atoms with Gasteiger partial charge in [-0.15, -0.1) is 0 Å². The minimum Gasteiger partial charge on any atom is -0.490 e. The second-order valence-electron chi connectivity index (χ2n) is 6.35. The molecule has 4 heteroatoms. The van der Waals surface area contributed by atoms with E-state index in [1.807, 2.05) is 12.1 Å². The highest BCUT2D eigenvalue weighted by Crippen LogP contribution is 2.36. The lowest BCUT2D eigenvalue weighted by Crippen LogP contribution is -2.55. The average molecular weight is 288 g/mol. The van der Waals surface area contributed by atoms with Crippen molar-refractivity contribution in [3.05, 3.63) is 29.8 Å². The third-order valence-corrected chi connectivity index (χ3v) is 4.61. The normalized spacial score (nSPS) is 28.5. The molecule has 114 valence electrons. The molecule has 2 atom stereocenters. The molecule has 2 saturated carbocycles. The third kappa shape index (κ3) is 3.21. The van der Waals surface area contributed by atoms with Gasteiger partial charge in [0.2, 0.25) is 5.91 Å². The van der Waals surface area contributed by atoms with E-state index < -0.39 is 5.54 Å². The zero-order valence-electron chi connectivity index (χ0n) is 12.6. The summed E-state index contributed by atoms with van der Waals surface area (Å²) in [4.78, 5) is 11.9. The number of nitrogens with one attached hydrogen (secondary N) is 1. The van der Waals surface area contributed by atoms with Gasteiger partial charge in [0, 0.05) is 12.5 Å². The van der Waals surface area contributed by atoms with Crippen LogP contribution < -0.4 is 15.8 Å². The highest BCUT2D eigenvalue weighted by molar-refractivity contribution is 5.85. The minimum absolute atomic E-state index is 0.0656. The van der Waals surface area contributed by atoms with Gasteiger partial charge in [-0.1, -0.05) is 19.1 Å². The zero-order chi connectivity index (χ0) is 14.9. The van der Waals surface area contributed by atoms with Crippen molar-refractivity contribution in [2.75, 3.05) is 0 Å². The van der Waals surface area contributed by atoms with Crippen molar-refractivity contribution in [1.82, 2.24) is 5.32 Å². The molecule has 2 fully saturated rings. The van der Waals surface area contributed by atoms with E-state index in [1.165, 1.54) is 5.56 Å². The van der Waals surface area contributed by atoms with E-state index >= 15 is 0 Å². The van der Waals surface area contributed by atoms with Gasteiger partial charge in [0.15, 0.2) is 0 Å².